The predicted octanol–water partition coefficient (Wildman–Crippen LogP) is 1.70. The highest BCUT2D eigenvalue weighted by atomic mass is 16.2. The summed E-state index contributed by atoms with van der Waals surface area (Å²) in [4.78, 5) is 25.7. The summed E-state index contributed by atoms with van der Waals surface area (Å²) in [7, 11) is 1.82. The van der Waals surface area contributed by atoms with Gasteiger partial charge in [0, 0.05) is 61.2 Å². The van der Waals surface area contributed by atoms with Gasteiger partial charge in [0.25, 0.3) is 0 Å². The third kappa shape index (κ3) is 2.77. The molecule has 4 aromatic rings. The minimum atomic E-state index is 0.163. The Morgan fingerprint density at radius 2 is 2.26 bits per heavy atom. The number of rotatable bonds is 3. The molecule has 1 saturated heterocycles. The molecule has 27 heavy (non-hydrogen) atoms. The van der Waals surface area contributed by atoms with Gasteiger partial charge in [0.2, 0.25) is 11.9 Å². The maximum Gasteiger partial charge on any atom is 0.224 e. The van der Waals surface area contributed by atoms with Gasteiger partial charge < -0.3 is 15.2 Å². The lowest BCUT2D eigenvalue weighted by Crippen LogP contribution is -2.43. The summed E-state index contributed by atoms with van der Waals surface area (Å²) in [5, 5.41) is 12.2. The van der Waals surface area contributed by atoms with Crippen LogP contribution in [0.25, 0.3) is 27.8 Å². The molecule has 1 amide bonds. The zero-order chi connectivity index (χ0) is 18.4. The number of aromatic amines is 1. The van der Waals surface area contributed by atoms with Crippen molar-refractivity contribution in [3.8, 4) is 11.1 Å². The molecule has 9 heteroatoms. The predicted molar refractivity (Wildman–Crippen MR) is 100 cm³/mol. The Labute approximate surface area is 154 Å². The van der Waals surface area contributed by atoms with E-state index in [4.69, 9.17) is 0 Å². The van der Waals surface area contributed by atoms with Crippen molar-refractivity contribution in [3.63, 3.8) is 0 Å². The number of carbonyl (C=O) groups is 1. The number of nitrogens with one attached hydrogen (secondary N) is 2. The first kappa shape index (κ1) is 15.7. The Kier molecular flexibility index (Phi) is 3.52. The largest absolute Gasteiger partial charge is 0.350 e. The summed E-state index contributed by atoms with van der Waals surface area (Å²) in [6.45, 7) is 0.662. The number of nitrogens with zero attached hydrogens (tertiary/aromatic N) is 6. The van der Waals surface area contributed by atoms with Crippen molar-refractivity contribution in [1.82, 2.24) is 34.4 Å². The molecule has 4 aromatic heterocycles. The quantitative estimate of drug-likeness (QED) is 0.575. The zero-order valence-corrected chi connectivity index (χ0v) is 14.8. The number of aromatic nitrogens is 6. The molecule has 1 aliphatic heterocycles. The maximum absolute atomic E-state index is 11.6. The Balaban J connectivity index is 1.43. The Hall–Kier alpha value is -3.49. The molecule has 1 aliphatic rings. The number of anilines is 1. The summed E-state index contributed by atoms with van der Waals surface area (Å²) in [6.07, 6.45) is 8.76. The lowest BCUT2D eigenvalue weighted by molar-refractivity contribution is -0.132. The molecule has 136 valence electrons. The van der Waals surface area contributed by atoms with Gasteiger partial charge in [-0.2, -0.15) is 4.98 Å². The van der Waals surface area contributed by atoms with Crippen molar-refractivity contribution in [2.24, 2.45) is 0 Å². The Morgan fingerprint density at radius 3 is 3.15 bits per heavy atom. The number of likely N-dealkylation sites (N-methyl/N-ethyl adjacent to an activating group) is 1. The standard InChI is InChI=1S/C18H18N8O/c1-25-9-12(3-5-16(25)27)22-18-20-7-14-13(6-19-17(14)23-18)11-2-4-15-24-21-10-26(15)8-11/h2,4,6-8,10,12H,3,5,9H2,1H3,(H2,19,20,22,23)/t12-/m0/s1. The van der Waals surface area contributed by atoms with Crippen LogP contribution in [0.5, 0.6) is 0 Å². The summed E-state index contributed by atoms with van der Waals surface area (Å²) >= 11 is 0. The number of amides is 1. The van der Waals surface area contributed by atoms with Crippen LogP contribution in [-0.4, -0.2) is 60.0 Å². The van der Waals surface area contributed by atoms with E-state index in [2.05, 4.69) is 30.5 Å². The number of pyridine rings is 1. The molecule has 5 rings (SSSR count). The van der Waals surface area contributed by atoms with Gasteiger partial charge in [0.15, 0.2) is 5.65 Å². The fourth-order valence-corrected chi connectivity index (χ4v) is 3.52. The SMILES string of the molecule is CN1C[C@@H](Nc2ncc3c(-c4ccc5nncn5c4)c[nH]c3n2)CCC1=O. The van der Waals surface area contributed by atoms with E-state index in [0.29, 0.717) is 18.9 Å². The third-order valence-electron chi connectivity index (χ3n) is 4.99. The van der Waals surface area contributed by atoms with Crippen molar-refractivity contribution in [1.29, 1.82) is 0 Å². The minimum absolute atomic E-state index is 0.163. The Bertz CT molecular complexity index is 1150. The first-order valence-corrected chi connectivity index (χ1v) is 8.82. The number of fused-ring (bicyclic) bond motifs is 2. The molecule has 1 atom stereocenters. The summed E-state index contributed by atoms with van der Waals surface area (Å²) in [5.41, 5.74) is 3.63. The van der Waals surface area contributed by atoms with Crippen LogP contribution in [0.4, 0.5) is 5.95 Å². The van der Waals surface area contributed by atoms with E-state index in [1.807, 2.05) is 42.2 Å². The normalized spacial score (nSPS) is 17.7. The molecule has 2 N–H and O–H groups in total. The monoisotopic (exact) mass is 362 g/mol. The number of piperidine rings is 1. The summed E-state index contributed by atoms with van der Waals surface area (Å²) in [5.74, 6) is 0.751. The lowest BCUT2D eigenvalue weighted by atomic mass is 10.1. The van der Waals surface area contributed by atoms with Crippen LogP contribution in [0.2, 0.25) is 0 Å². The molecule has 0 aliphatic carbocycles. The Morgan fingerprint density at radius 1 is 1.33 bits per heavy atom. The fourth-order valence-electron chi connectivity index (χ4n) is 3.52. The second-order valence-electron chi connectivity index (χ2n) is 6.83. The van der Waals surface area contributed by atoms with Gasteiger partial charge in [-0.25, -0.2) is 4.98 Å². The van der Waals surface area contributed by atoms with E-state index in [-0.39, 0.29) is 11.9 Å². The molecule has 0 bridgehead atoms. The summed E-state index contributed by atoms with van der Waals surface area (Å²) < 4.78 is 1.88. The van der Waals surface area contributed by atoms with Gasteiger partial charge >= 0.3 is 0 Å². The van der Waals surface area contributed by atoms with Crippen LogP contribution in [0.1, 0.15) is 12.8 Å². The van der Waals surface area contributed by atoms with Gasteiger partial charge in [-0.3, -0.25) is 9.20 Å². The summed E-state index contributed by atoms with van der Waals surface area (Å²) in [6, 6.07) is 4.10. The molecular formula is C18H18N8O. The van der Waals surface area contributed by atoms with Gasteiger partial charge in [0.1, 0.15) is 12.0 Å². The molecule has 1 fully saturated rings. The third-order valence-corrected chi connectivity index (χ3v) is 4.99. The first-order valence-electron chi connectivity index (χ1n) is 8.82. The molecule has 0 aromatic carbocycles. The number of hydrogen-bond donors (Lipinski definition) is 2. The molecule has 0 unspecified atom stereocenters. The van der Waals surface area contributed by atoms with E-state index in [1.165, 1.54) is 0 Å². The smallest absolute Gasteiger partial charge is 0.224 e. The van der Waals surface area contributed by atoms with Gasteiger partial charge in [-0.15, -0.1) is 10.2 Å². The highest BCUT2D eigenvalue weighted by Gasteiger charge is 2.23. The van der Waals surface area contributed by atoms with E-state index in [9.17, 15) is 4.79 Å². The van der Waals surface area contributed by atoms with Crippen molar-refractivity contribution in [3.05, 3.63) is 37.1 Å². The average Bonchev–Trinajstić information content (AvgIpc) is 3.30. The van der Waals surface area contributed by atoms with Crippen LogP contribution >= 0.6 is 0 Å². The number of hydrogen-bond acceptors (Lipinski definition) is 6. The van der Waals surface area contributed by atoms with Crippen LogP contribution in [-0.2, 0) is 4.79 Å². The molecule has 0 saturated carbocycles. The number of H-pyrrole nitrogens is 1. The van der Waals surface area contributed by atoms with Crippen LogP contribution < -0.4 is 5.32 Å². The highest BCUT2D eigenvalue weighted by Crippen LogP contribution is 2.28. The van der Waals surface area contributed by atoms with Crippen molar-refractivity contribution in [2.45, 2.75) is 18.9 Å². The van der Waals surface area contributed by atoms with Gasteiger partial charge in [0.05, 0.1) is 0 Å². The van der Waals surface area contributed by atoms with Crippen molar-refractivity contribution in [2.75, 3.05) is 18.9 Å². The van der Waals surface area contributed by atoms with Gasteiger partial charge in [-0.1, -0.05) is 0 Å². The van der Waals surface area contributed by atoms with Gasteiger partial charge in [-0.05, 0) is 18.6 Å². The second-order valence-corrected chi connectivity index (χ2v) is 6.83. The average molecular weight is 362 g/mol. The van der Waals surface area contributed by atoms with E-state index < -0.39 is 0 Å². The first-order chi connectivity index (χ1) is 13.2. The molecule has 5 heterocycles. The van der Waals surface area contributed by atoms with E-state index in [0.717, 1.165) is 34.2 Å². The van der Waals surface area contributed by atoms with E-state index in [1.54, 1.807) is 11.2 Å². The molecular weight excluding hydrogens is 344 g/mol. The van der Waals surface area contributed by atoms with Crippen LogP contribution in [0.15, 0.2) is 37.1 Å². The fraction of sp³-hybridized carbons (Fsp3) is 0.278. The minimum Gasteiger partial charge on any atom is -0.350 e. The van der Waals surface area contributed by atoms with Crippen LogP contribution in [0.3, 0.4) is 0 Å². The zero-order valence-electron chi connectivity index (χ0n) is 14.8. The molecule has 9 nitrogen and oxygen atoms in total. The molecule has 0 spiro atoms. The highest BCUT2D eigenvalue weighted by molar-refractivity contribution is 5.93. The molecule has 0 radical (unpaired) electrons. The maximum atomic E-state index is 11.6. The lowest BCUT2D eigenvalue weighted by Gasteiger charge is -2.30. The number of carbonyl (C=O) groups excluding carboxylic acids is 1. The second kappa shape index (κ2) is 6.04. The van der Waals surface area contributed by atoms with E-state index >= 15 is 0 Å². The van der Waals surface area contributed by atoms with Crippen molar-refractivity contribution >= 4 is 28.5 Å². The van der Waals surface area contributed by atoms with Crippen molar-refractivity contribution < 1.29 is 4.79 Å². The number of likely N-dealkylation sites (tertiary alicyclic amines) is 1. The van der Waals surface area contributed by atoms with Crippen LogP contribution in [0, 0.1) is 0 Å². The topological polar surface area (TPSA) is 104 Å².